The summed E-state index contributed by atoms with van der Waals surface area (Å²) in [4.78, 5) is 0. The zero-order valence-corrected chi connectivity index (χ0v) is 11.2. The smallest absolute Gasteiger partial charge is 0.208 e. The van der Waals surface area contributed by atoms with Gasteiger partial charge in [0.25, 0.3) is 0 Å². The van der Waals surface area contributed by atoms with Gasteiger partial charge in [0.15, 0.2) is 0 Å². The van der Waals surface area contributed by atoms with E-state index in [9.17, 15) is 5.11 Å². The van der Waals surface area contributed by atoms with Gasteiger partial charge in [-0.3, -0.25) is 0 Å². The van der Waals surface area contributed by atoms with Crippen LogP contribution in [0.1, 0.15) is 20.8 Å². The highest BCUT2D eigenvalue weighted by Crippen LogP contribution is 2.38. The second-order valence-corrected chi connectivity index (χ2v) is 5.02. The number of ether oxygens (including phenoxy) is 2. The van der Waals surface area contributed by atoms with E-state index >= 15 is 0 Å². The van der Waals surface area contributed by atoms with Gasteiger partial charge in [-0.05, 0) is 50.1 Å². The van der Waals surface area contributed by atoms with Crippen molar-refractivity contribution in [2.75, 3.05) is 13.2 Å². The molecule has 0 amide bonds. The Labute approximate surface area is 108 Å². The van der Waals surface area contributed by atoms with Crippen LogP contribution >= 0.6 is 0 Å². The SMILES string of the molecule is C=C(C)/C=C/C1(O)C(C)=CC2(C=C1C)OCCO2. The summed E-state index contributed by atoms with van der Waals surface area (Å²) in [5.74, 6) is -0.780. The number of rotatable bonds is 2. The fraction of sp³-hybridized carbons (Fsp3) is 0.467. The Morgan fingerprint density at radius 1 is 1.28 bits per heavy atom. The fourth-order valence-corrected chi connectivity index (χ4v) is 2.31. The van der Waals surface area contributed by atoms with Crippen LogP contribution < -0.4 is 0 Å². The summed E-state index contributed by atoms with van der Waals surface area (Å²) in [7, 11) is 0. The van der Waals surface area contributed by atoms with Crippen molar-refractivity contribution in [3.8, 4) is 0 Å². The highest BCUT2D eigenvalue weighted by atomic mass is 16.7. The highest BCUT2D eigenvalue weighted by Gasteiger charge is 2.42. The second kappa shape index (κ2) is 4.50. The minimum atomic E-state index is -1.07. The molecule has 98 valence electrons. The molecule has 0 bridgehead atoms. The van der Waals surface area contributed by atoms with Gasteiger partial charge in [0.2, 0.25) is 5.79 Å². The first-order valence-electron chi connectivity index (χ1n) is 6.13. The lowest BCUT2D eigenvalue weighted by Gasteiger charge is -2.36. The van der Waals surface area contributed by atoms with Crippen molar-refractivity contribution in [3.05, 3.63) is 47.6 Å². The van der Waals surface area contributed by atoms with Gasteiger partial charge in [0.05, 0.1) is 13.2 Å². The summed E-state index contributed by atoms with van der Waals surface area (Å²) in [5.41, 5.74) is 1.45. The lowest BCUT2D eigenvalue weighted by molar-refractivity contribution is -0.0801. The van der Waals surface area contributed by atoms with Crippen LogP contribution in [0.3, 0.4) is 0 Å². The van der Waals surface area contributed by atoms with Gasteiger partial charge in [0, 0.05) is 0 Å². The van der Waals surface area contributed by atoms with Gasteiger partial charge in [-0.1, -0.05) is 18.2 Å². The molecule has 1 aliphatic carbocycles. The zero-order chi connectivity index (χ0) is 13.4. The molecule has 1 fully saturated rings. The van der Waals surface area contributed by atoms with Gasteiger partial charge in [-0.25, -0.2) is 0 Å². The molecule has 0 aromatic carbocycles. The molecule has 1 N–H and O–H groups in total. The molecule has 0 saturated carbocycles. The normalized spacial score (nSPS) is 25.3. The molecule has 0 aromatic rings. The highest BCUT2D eigenvalue weighted by molar-refractivity contribution is 5.45. The summed E-state index contributed by atoms with van der Waals surface area (Å²) in [6, 6.07) is 0. The summed E-state index contributed by atoms with van der Waals surface area (Å²) in [6.45, 7) is 10.6. The standard InChI is InChI=1S/C15H20O3/c1-11(2)5-6-15(16)12(3)9-14(10-13(15)4)17-7-8-18-14/h5-6,9-10,16H,1,7-8H2,2-4H3/b6-5+. The van der Waals surface area contributed by atoms with Crippen molar-refractivity contribution in [1.82, 2.24) is 0 Å². The monoisotopic (exact) mass is 248 g/mol. The van der Waals surface area contributed by atoms with E-state index in [2.05, 4.69) is 6.58 Å². The lowest BCUT2D eigenvalue weighted by Crippen LogP contribution is -2.39. The van der Waals surface area contributed by atoms with Gasteiger partial charge in [-0.2, -0.15) is 0 Å². The average Bonchev–Trinajstić information content (AvgIpc) is 2.72. The van der Waals surface area contributed by atoms with E-state index < -0.39 is 11.4 Å². The Morgan fingerprint density at radius 2 is 1.78 bits per heavy atom. The van der Waals surface area contributed by atoms with Gasteiger partial charge in [-0.15, -0.1) is 0 Å². The maximum absolute atomic E-state index is 10.7. The third-order valence-corrected chi connectivity index (χ3v) is 3.39. The summed E-state index contributed by atoms with van der Waals surface area (Å²) in [6.07, 6.45) is 7.27. The molecule has 0 aromatic heterocycles. The molecule has 3 heteroatoms. The average molecular weight is 248 g/mol. The van der Waals surface area contributed by atoms with Crippen molar-refractivity contribution >= 4 is 0 Å². The molecule has 0 atom stereocenters. The second-order valence-electron chi connectivity index (χ2n) is 5.02. The molecular formula is C15H20O3. The largest absolute Gasteiger partial charge is 0.377 e. The van der Waals surface area contributed by atoms with Crippen LogP contribution in [0, 0.1) is 0 Å². The first-order valence-corrected chi connectivity index (χ1v) is 6.13. The molecule has 1 saturated heterocycles. The Balaban J connectivity index is 2.36. The number of allylic oxidation sites excluding steroid dienone is 2. The first-order chi connectivity index (χ1) is 8.38. The lowest BCUT2D eigenvalue weighted by atomic mass is 9.80. The van der Waals surface area contributed by atoms with Gasteiger partial charge in [0.1, 0.15) is 5.60 Å². The van der Waals surface area contributed by atoms with Crippen LogP contribution in [0.2, 0.25) is 0 Å². The Hall–Kier alpha value is -1.16. The molecule has 1 spiro atoms. The summed E-state index contributed by atoms with van der Waals surface area (Å²) >= 11 is 0. The molecule has 0 radical (unpaired) electrons. The van der Waals surface area contributed by atoms with Crippen LogP contribution in [0.15, 0.2) is 47.6 Å². The molecular weight excluding hydrogens is 228 g/mol. The molecule has 2 rings (SSSR count). The minimum absolute atomic E-state index is 0.577. The third kappa shape index (κ3) is 2.21. The van der Waals surface area contributed by atoms with Crippen molar-refractivity contribution < 1.29 is 14.6 Å². The fourth-order valence-electron chi connectivity index (χ4n) is 2.31. The Kier molecular flexibility index (Phi) is 3.32. The maximum Gasteiger partial charge on any atom is 0.208 e. The first kappa shape index (κ1) is 13.3. The van der Waals surface area contributed by atoms with Crippen LogP contribution in [-0.2, 0) is 9.47 Å². The number of aliphatic hydroxyl groups is 1. The van der Waals surface area contributed by atoms with Crippen molar-refractivity contribution in [1.29, 1.82) is 0 Å². The Morgan fingerprint density at radius 3 is 2.22 bits per heavy atom. The van der Waals surface area contributed by atoms with E-state index in [0.29, 0.717) is 13.2 Å². The van der Waals surface area contributed by atoms with E-state index in [-0.39, 0.29) is 0 Å². The van der Waals surface area contributed by atoms with E-state index in [1.807, 2.05) is 39.0 Å². The van der Waals surface area contributed by atoms with Crippen LogP contribution in [0.5, 0.6) is 0 Å². The Bertz CT molecular complexity index is 426. The van der Waals surface area contributed by atoms with Crippen LogP contribution in [-0.4, -0.2) is 29.7 Å². The maximum atomic E-state index is 10.7. The van der Waals surface area contributed by atoms with E-state index in [1.54, 1.807) is 6.08 Å². The van der Waals surface area contributed by atoms with Crippen molar-refractivity contribution in [3.63, 3.8) is 0 Å². The zero-order valence-electron chi connectivity index (χ0n) is 11.2. The molecule has 3 nitrogen and oxygen atoms in total. The van der Waals surface area contributed by atoms with Gasteiger partial charge < -0.3 is 14.6 Å². The summed E-state index contributed by atoms with van der Waals surface area (Å²) in [5, 5.41) is 10.7. The summed E-state index contributed by atoms with van der Waals surface area (Å²) < 4.78 is 11.2. The van der Waals surface area contributed by atoms with Crippen LogP contribution in [0.25, 0.3) is 0 Å². The molecule has 1 aliphatic heterocycles. The quantitative estimate of drug-likeness (QED) is 0.603. The van der Waals surface area contributed by atoms with E-state index in [4.69, 9.17) is 9.47 Å². The van der Waals surface area contributed by atoms with E-state index in [1.165, 1.54) is 0 Å². The predicted octanol–water partition coefficient (Wildman–Crippen LogP) is 2.50. The number of hydrogen-bond acceptors (Lipinski definition) is 3. The predicted molar refractivity (Wildman–Crippen MR) is 71.1 cm³/mol. The van der Waals surface area contributed by atoms with E-state index in [0.717, 1.165) is 16.7 Å². The molecule has 18 heavy (non-hydrogen) atoms. The third-order valence-electron chi connectivity index (χ3n) is 3.39. The minimum Gasteiger partial charge on any atom is -0.377 e. The molecule has 0 unspecified atom stereocenters. The van der Waals surface area contributed by atoms with Gasteiger partial charge >= 0.3 is 0 Å². The van der Waals surface area contributed by atoms with Crippen LogP contribution in [0.4, 0.5) is 0 Å². The topological polar surface area (TPSA) is 38.7 Å². The van der Waals surface area contributed by atoms with Crippen molar-refractivity contribution in [2.45, 2.75) is 32.2 Å². The number of hydrogen-bond donors (Lipinski definition) is 1. The molecule has 1 heterocycles. The van der Waals surface area contributed by atoms with Crippen molar-refractivity contribution in [2.24, 2.45) is 0 Å². The molecule has 2 aliphatic rings.